The van der Waals surface area contributed by atoms with Crippen LogP contribution in [0, 0.1) is 11.8 Å². The van der Waals surface area contributed by atoms with Crippen LogP contribution >= 0.6 is 0 Å². The van der Waals surface area contributed by atoms with Crippen molar-refractivity contribution in [3.63, 3.8) is 0 Å². The van der Waals surface area contributed by atoms with Crippen molar-refractivity contribution in [3.05, 3.63) is 0 Å². The van der Waals surface area contributed by atoms with Gasteiger partial charge in [0.2, 0.25) is 0 Å². The van der Waals surface area contributed by atoms with Crippen LogP contribution < -0.4 is 0 Å². The Kier molecular flexibility index (Phi) is 6.32. The van der Waals surface area contributed by atoms with Crippen molar-refractivity contribution in [1.29, 1.82) is 0 Å². The van der Waals surface area contributed by atoms with E-state index >= 15 is 0 Å². The largest absolute Gasteiger partial charge is 0.379 e. The number of hydrogen-bond acceptors (Lipinski definition) is 3. The number of hydrogen-bond donors (Lipinski definition) is 0. The van der Waals surface area contributed by atoms with Crippen molar-refractivity contribution < 1.29 is 9.47 Å². The van der Waals surface area contributed by atoms with Crippen LogP contribution in [0.4, 0.5) is 0 Å². The Labute approximate surface area is 100 Å². The van der Waals surface area contributed by atoms with Gasteiger partial charge in [-0.15, -0.1) is 0 Å². The van der Waals surface area contributed by atoms with Crippen LogP contribution in [-0.4, -0.2) is 50.5 Å². The first-order valence-electron chi connectivity index (χ1n) is 6.49. The molecule has 1 fully saturated rings. The SMILES string of the molecule is CC(C)COCCOC1CN(CC(C)C)C1. The molecule has 0 atom stereocenters. The Morgan fingerprint density at radius 1 is 1.06 bits per heavy atom. The zero-order valence-electron chi connectivity index (χ0n) is 11.2. The summed E-state index contributed by atoms with van der Waals surface area (Å²) in [7, 11) is 0. The van der Waals surface area contributed by atoms with Gasteiger partial charge in [-0.2, -0.15) is 0 Å². The summed E-state index contributed by atoms with van der Waals surface area (Å²) in [6, 6.07) is 0. The molecule has 96 valence electrons. The summed E-state index contributed by atoms with van der Waals surface area (Å²) >= 11 is 0. The molecule has 1 aliphatic rings. The molecule has 0 N–H and O–H groups in total. The van der Waals surface area contributed by atoms with Gasteiger partial charge in [0.1, 0.15) is 0 Å². The van der Waals surface area contributed by atoms with E-state index in [2.05, 4.69) is 32.6 Å². The summed E-state index contributed by atoms with van der Waals surface area (Å²) < 4.78 is 11.2. The van der Waals surface area contributed by atoms with Crippen molar-refractivity contribution in [3.8, 4) is 0 Å². The van der Waals surface area contributed by atoms with Crippen LogP contribution in [-0.2, 0) is 9.47 Å². The summed E-state index contributed by atoms with van der Waals surface area (Å²) in [5.74, 6) is 1.38. The van der Waals surface area contributed by atoms with Crippen molar-refractivity contribution in [2.75, 3.05) is 39.5 Å². The van der Waals surface area contributed by atoms with Gasteiger partial charge in [-0.25, -0.2) is 0 Å². The molecule has 0 amide bonds. The Bertz CT molecular complexity index is 177. The molecule has 1 aliphatic heterocycles. The molecular weight excluding hydrogens is 202 g/mol. The summed E-state index contributed by atoms with van der Waals surface area (Å²) in [6.45, 7) is 14.6. The highest BCUT2D eigenvalue weighted by Crippen LogP contribution is 2.13. The predicted molar refractivity (Wildman–Crippen MR) is 66.7 cm³/mol. The van der Waals surface area contributed by atoms with E-state index < -0.39 is 0 Å². The number of ether oxygens (including phenoxy) is 2. The highest BCUT2D eigenvalue weighted by atomic mass is 16.5. The van der Waals surface area contributed by atoms with Crippen molar-refractivity contribution in [2.45, 2.75) is 33.8 Å². The average molecular weight is 229 g/mol. The lowest BCUT2D eigenvalue weighted by Crippen LogP contribution is -2.53. The lowest BCUT2D eigenvalue weighted by Gasteiger charge is -2.39. The van der Waals surface area contributed by atoms with Gasteiger partial charge in [0.15, 0.2) is 0 Å². The number of rotatable bonds is 8. The van der Waals surface area contributed by atoms with E-state index in [1.165, 1.54) is 6.54 Å². The van der Waals surface area contributed by atoms with Gasteiger partial charge in [0.25, 0.3) is 0 Å². The fourth-order valence-electron chi connectivity index (χ4n) is 1.89. The topological polar surface area (TPSA) is 21.7 Å². The molecule has 1 rings (SSSR count). The van der Waals surface area contributed by atoms with E-state index in [0.29, 0.717) is 12.0 Å². The first kappa shape index (κ1) is 13.9. The van der Waals surface area contributed by atoms with Gasteiger partial charge in [0.05, 0.1) is 19.3 Å². The molecule has 0 aromatic rings. The molecule has 0 unspecified atom stereocenters. The maximum atomic E-state index is 5.70. The molecule has 0 spiro atoms. The second kappa shape index (κ2) is 7.25. The van der Waals surface area contributed by atoms with Crippen molar-refractivity contribution in [1.82, 2.24) is 4.90 Å². The lowest BCUT2D eigenvalue weighted by atomic mass is 10.1. The quantitative estimate of drug-likeness (QED) is 0.594. The molecule has 1 saturated heterocycles. The first-order chi connectivity index (χ1) is 7.58. The van der Waals surface area contributed by atoms with Crippen molar-refractivity contribution >= 4 is 0 Å². The second-order valence-electron chi connectivity index (χ2n) is 5.57. The molecule has 0 aromatic heterocycles. The number of likely N-dealkylation sites (tertiary alicyclic amines) is 1. The summed E-state index contributed by atoms with van der Waals surface area (Å²) in [5.41, 5.74) is 0. The molecule has 3 heteroatoms. The van der Waals surface area contributed by atoms with E-state index in [-0.39, 0.29) is 0 Å². The summed E-state index contributed by atoms with van der Waals surface area (Å²) in [6.07, 6.45) is 0.446. The van der Waals surface area contributed by atoms with Gasteiger partial charge in [-0.1, -0.05) is 27.7 Å². The molecule has 0 radical (unpaired) electrons. The Morgan fingerprint density at radius 3 is 2.31 bits per heavy atom. The molecule has 0 aliphatic carbocycles. The predicted octanol–water partition coefficient (Wildman–Crippen LogP) is 2.02. The average Bonchev–Trinajstić information content (AvgIpc) is 2.11. The monoisotopic (exact) mass is 229 g/mol. The van der Waals surface area contributed by atoms with Gasteiger partial charge in [-0.3, -0.25) is 4.90 Å². The molecule has 3 nitrogen and oxygen atoms in total. The third kappa shape index (κ3) is 5.83. The second-order valence-corrected chi connectivity index (χ2v) is 5.57. The van der Waals surface area contributed by atoms with Gasteiger partial charge in [0, 0.05) is 26.2 Å². The summed E-state index contributed by atoms with van der Waals surface area (Å²) in [4.78, 5) is 2.45. The number of nitrogens with zero attached hydrogens (tertiary/aromatic N) is 1. The van der Waals surface area contributed by atoms with Crippen LogP contribution in [0.1, 0.15) is 27.7 Å². The Morgan fingerprint density at radius 2 is 1.75 bits per heavy atom. The maximum absolute atomic E-state index is 5.70. The van der Waals surface area contributed by atoms with E-state index in [1.54, 1.807) is 0 Å². The van der Waals surface area contributed by atoms with E-state index in [0.717, 1.165) is 38.8 Å². The zero-order chi connectivity index (χ0) is 12.0. The van der Waals surface area contributed by atoms with Crippen LogP contribution in [0.5, 0.6) is 0 Å². The van der Waals surface area contributed by atoms with Gasteiger partial charge < -0.3 is 9.47 Å². The summed E-state index contributed by atoms with van der Waals surface area (Å²) in [5, 5.41) is 0. The molecule has 0 bridgehead atoms. The maximum Gasteiger partial charge on any atom is 0.0829 e. The molecular formula is C13H27NO2. The highest BCUT2D eigenvalue weighted by Gasteiger charge is 2.27. The van der Waals surface area contributed by atoms with Crippen LogP contribution in [0.25, 0.3) is 0 Å². The first-order valence-corrected chi connectivity index (χ1v) is 6.49. The van der Waals surface area contributed by atoms with Gasteiger partial charge in [-0.05, 0) is 11.8 Å². The molecule has 16 heavy (non-hydrogen) atoms. The highest BCUT2D eigenvalue weighted by molar-refractivity contribution is 4.80. The van der Waals surface area contributed by atoms with Gasteiger partial charge >= 0.3 is 0 Å². The third-order valence-corrected chi connectivity index (χ3v) is 2.58. The minimum Gasteiger partial charge on any atom is -0.379 e. The fraction of sp³-hybridized carbons (Fsp3) is 1.00. The molecule has 0 saturated carbocycles. The minimum atomic E-state index is 0.446. The zero-order valence-corrected chi connectivity index (χ0v) is 11.2. The smallest absolute Gasteiger partial charge is 0.0829 e. The Balaban J connectivity index is 1.86. The molecule has 0 aromatic carbocycles. The van der Waals surface area contributed by atoms with E-state index in [4.69, 9.17) is 9.47 Å². The van der Waals surface area contributed by atoms with Crippen LogP contribution in [0.2, 0.25) is 0 Å². The van der Waals surface area contributed by atoms with Crippen molar-refractivity contribution in [2.24, 2.45) is 11.8 Å². The molecule has 1 heterocycles. The lowest BCUT2D eigenvalue weighted by molar-refractivity contribution is -0.0748. The van der Waals surface area contributed by atoms with Crippen LogP contribution in [0.3, 0.4) is 0 Å². The normalized spacial score (nSPS) is 18.4. The van der Waals surface area contributed by atoms with Crippen LogP contribution in [0.15, 0.2) is 0 Å². The third-order valence-electron chi connectivity index (χ3n) is 2.58. The van der Waals surface area contributed by atoms with E-state index in [9.17, 15) is 0 Å². The fourth-order valence-corrected chi connectivity index (χ4v) is 1.89. The standard InChI is InChI=1S/C13H27NO2/c1-11(2)7-14-8-13(9-14)16-6-5-15-10-12(3)4/h11-13H,5-10H2,1-4H3. The Hall–Kier alpha value is -0.120. The minimum absolute atomic E-state index is 0.446. The van der Waals surface area contributed by atoms with E-state index in [1.807, 2.05) is 0 Å².